The molecule has 0 amide bonds. The second kappa shape index (κ2) is 3.54. The largest absolute Gasteiger partial charge is 0.264 e. The van der Waals surface area contributed by atoms with Gasteiger partial charge in [-0.1, -0.05) is 0 Å². The van der Waals surface area contributed by atoms with Crippen molar-refractivity contribution in [2.24, 2.45) is 0 Å². The molecule has 0 unspecified atom stereocenters. The van der Waals surface area contributed by atoms with Crippen molar-refractivity contribution < 1.29 is 4.39 Å². The molecule has 0 N–H and O–H groups in total. The highest BCUT2D eigenvalue weighted by atomic mass is 19.1. The molecule has 0 aromatic carbocycles. The Kier molecular flexibility index (Phi) is 2.23. The van der Waals surface area contributed by atoms with E-state index >= 15 is 0 Å². The van der Waals surface area contributed by atoms with Crippen molar-refractivity contribution >= 4 is 0 Å². The van der Waals surface area contributed by atoms with Crippen molar-refractivity contribution in [3.05, 3.63) is 48.2 Å². The van der Waals surface area contributed by atoms with Gasteiger partial charge in [0.2, 0.25) is 0 Å². The number of nitrogens with zero attached hydrogens (tertiary/aromatic N) is 2. The van der Waals surface area contributed by atoms with Gasteiger partial charge in [0.15, 0.2) is 0 Å². The predicted octanol–water partition coefficient (Wildman–Crippen LogP) is 2.59. The highest BCUT2D eigenvalue weighted by Gasteiger charge is 2.03. The van der Waals surface area contributed by atoms with Crippen LogP contribution in [0, 0.1) is 12.7 Å². The summed E-state index contributed by atoms with van der Waals surface area (Å²) < 4.78 is 12.8. The van der Waals surface area contributed by atoms with Gasteiger partial charge in [-0.3, -0.25) is 9.97 Å². The molecule has 0 spiro atoms. The van der Waals surface area contributed by atoms with E-state index in [0.29, 0.717) is 0 Å². The fourth-order valence-corrected chi connectivity index (χ4v) is 1.35. The highest BCUT2D eigenvalue weighted by Crippen LogP contribution is 2.19. The fraction of sp³-hybridized carbons (Fsp3) is 0.0909. The number of halogens is 1. The van der Waals surface area contributed by atoms with Crippen LogP contribution in [0.5, 0.6) is 0 Å². The van der Waals surface area contributed by atoms with Gasteiger partial charge < -0.3 is 0 Å². The van der Waals surface area contributed by atoms with E-state index in [1.54, 1.807) is 12.4 Å². The van der Waals surface area contributed by atoms with Crippen LogP contribution in [0.3, 0.4) is 0 Å². The minimum Gasteiger partial charge on any atom is -0.264 e. The number of aryl methyl sites for hydroxylation is 1. The number of pyridine rings is 2. The van der Waals surface area contributed by atoms with Crippen LogP contribution in [-0.2, 0) is 0 Å². The van der Waals surface area contributed by atoms with Crippen LogP contribution in [0.1, 0.15) is 5.56 Å². The molecule has 0 radical (unpaired) electrons. The van der Waals surface area contributed by atoms with Gasteiger partial charge in [-0.15, -0.1) is 0 Å². The SMILES string of the molecule is Cc1cc(F)cnc1-c1cccnc1. The third kappa shape index (κ3) is 1.62. The van der Waals surface area contributed by atoms with Gasteiger partial charge in [0.25, 0.3) is 0 Å². The standard InChI is InChI=1S/C11H9FN2/c1-8-5-10(12)7-14-11(8)9-3-2-4-13-6-9/h2-7H,1H3. The van der Waals surface area contributed by atoms with Gasteiger partial charge in [-0.05, 0) is 30.7 Å². The zero-order valence-corrected chi connectivity index (χ0v) is 7.74. The summed E-state index contributed by atoms with van der Waals surface area (Å²) in [7, 11) is 0. The Morgan fingerprint density at radius 2 is 2.14 bits per heavy atom. The first-order valence-corrected chi connectivity index (χ1v) is 4.30. The molecular weight excluding hydrogens is 179 g/mol. The molecule has 2 nitrogen and oxygen atoms in total. The predicted molar refractivity (Wildman–Crippen MR) is 52.2 cm³/mol. The summed E-state index contributed by atoms with van der Waals surface area (Å²) in [6.07, 6.45) is 4.63. The van der Waals surface area contributed by atoms with Gasteiger partial charge in [-0.25, -0.2) is 4.39 Å². The van der Waals surface area contributed by atoms with E-state index in [2.05, 4.69) is 9.97 Å². The molecule has 0 fully saturated rings. The van der Waals surface area contributed by atoms with Crippen LogP contribution in [-0.4, -0.2) is 9.97 Å². The molecule has 0 saturated heterocycles. The Bertz CT molecular complexity index is 440. The zero-order chi connectivity index (χ0) is 9.97. The minimum absolute atomic E-state index is 0.310. The number of hydrogen-bond donors (Lipinski definition) is 0. The third-order valence-corrected chi connectivity index (χ3v) is 1.98. The summed E-state index contributed by atoms with van der Waals surface area (Å²) in [4.78, 5) is 8.02. The molecule has 0 saturated carbocycles. The van der Waals surface area contributed by atoms with Crippen LogP contribution in [0.2, 0.25) is 0 Å². The molecule has 70 valence electrons. The maximum atomic E-state index is 12.8. The average molecular weight is 188 g/mol. The molecule has 0 aliphatic heterocycles. The molecular formula is C11H9FN2. The smallest absolute Gasteiger partial charge is 0.141 e. The second-order valence-electron chi connectivity index (χ2n) is 3.06. The zero-order valence-electron chi connectivity index (χ0n) is 7.74. The van der Waals surface area contributed by atoms with E-state index in [1.165, 1.54) is 12.3 Å². The first-order chi connectivity index (χ1) is 6.77. The maximum Gasteiger partial charge on any atom is 0.141 e. The summed E-state index contributed by atoms with van der Waals surface area (Å²) in [6.45, 7) is 1.83. The Morgan fingerprint density at radius 1 is 1.29 bits per heavy atom. The summed E-state index contributed by atoms with van der Waals surface area (Å²) in [5, 5.41) is 0. The van der Waals surface area contributed by atoms with E-state index in [0.717, 1.165) is 16.8 Å². The topological polar surface area (TPSA) is 25.8 Å². The molecule has 2 aromatic heterocycles. The lowest BCUT2D eigenvalue weighted by atomic mass is 10.1. The monoisotopic (exact) mass is 188 g/mol. The number of hydrogen-bond acceptors (Lipinski definition) is 2. The molecule has 0 atom stereocenters. The van der Waals surface area contributed by atoms with E-state index in [9.17, 15) is 4.39 Å². The van der Waals surface area contributed by atoms with Crippen LogP contribution < -0.4 is 0 Å². The molecule has 14 heavy (non-hydrogen) atoms. The van der Waals surface area contributed by atoms with E-state index in [4.69, 9.17) is 0 Å². The molecule has 3 heteroatoms. The van der Waals surface area contributed by atoms with E-state index in [1.807, 2.05) is 19.1 Å². The van der Waals surface area contributed by atoms with Crippen LogP contribution >= 0.6 is 0 Å². The quantitative estimate of drug-likeness (QED) is 0.687. The summed E-state index contributed by atoms with van der Waals surface area (Å²) in [5.74, 6) is -0.310. The molecule has 2 aromatic rings. The number of aromatic nitrogens is 2. The third-order valence-electron chi connectivity index (χ3n) is 1.98. The fourth-order valence-electron chi connectivity index (χ4n) is 1.35. The Labute approximate surface area is 81.5 Å². The average Bonchev–Trinajstić information content (AvgIpc) is 2.19. The first-order valence-electron chi connectivity index (χ1n) is 4.30. The van der Waals surface area contributed by atoms with Crippen molar-refractivity contribution in [2.75, 3.05) is 0 Å². The van der Waals surface area contributed by atoms with E-state index < -0.39 is 0 Å². The van der Waals surface area contributed by atoms with Crippen LogP contribution in [0.4, 0.5) is 4.39 Å². The molecule has 2 heterocycles. The van der Waals surface area contributed by atoms with Crippen molar-refractivity contribution in [3.63, 3.8) is 0 Å². The van der Waals surface area contributed by atoms with Gasteiger partial charge in [0.05, 0.1) is 11.9 Å². The number of rotatable bonds is 1. The van der Waals surface area contributed by atoms with Crippen molar-refractivity contribution in [3.8, 4) is 11.3 Å². The molecule has 0 aliphatic rings. The highest BCUT2D eigenvalue weighted by molar-refractivity contribution is 5.61. The van der Waals surface area contributed by atoms with Gasteiger partial charge in [0.1, 0.15) is 5.82 Å². The Hall–Kier alpha value is -1.77. The van der Waals surface area contributed by atoms with Crippen LogP contribution in [0.15, 0.2) is 36.8 Å². The summed E-state index contributed by atoms with van der Waals surface area (Å²) in [6, 6.07) is 5.20. The van der Waals surface area contributed by atoms with E-state index in [-0.39, 0.29) is 5.82 Å². The second-order valence-corrected chi connectivity index (χ2v) is 3.06. The molecule has 0 aliphatic carbocycles. The first kappa shape index (κ1) is 8.81. The minimum atomic E-state index is -0.310. The normalized spacial score (nSPS) is 10.1. The maximum absolute atomic E-state index is 12.8. The Morgan fingerprint density at radius 3 is 2.79 bits per heavy atom. The summed E-state index contributed by atoms with van der Waals surface area (Å²) >= 11 is 0. The lowest BCUT2D eigenvalue weighted by Gasteiger charge is -2.03. The van der Waals surface area contributed by atoms with Gasteiger partial charge in [-0.2, -0.15) is 0 Å². The molecule has 2 rings (SSSR count). The Balaban J connectivity index is 2.53. The van der Waals surface area contributed by atoms with Gasteiger partial charge >= 0.3 is 0 Å². The summed E-state index contributed by atoms with van der Waals surface area (Å²) in [5.41, 5.74) is 2.50. The van der Waals surface area contributed by atoms with Crippen LogP contribution in [0.25, 0.3) is 11.3 Å². The molecule has 0 bridgehead atoms. The van der Waals surface area contributed by atoms with Gasteiger partial charge in [0, 0.05) is 18.0 Å². The van der Waals surface area contributed by atoms with Crippen molar-refractivity contribution in [1.29, 1.82) is 0 Å². The lowest BCUT2D eigenvalue weighted by Crippen LogP contribution is -1.90. The lowest BCUT2D eigenvalue weighted by molar-refractivity contribution is 0.620. The van der Waals surface area contributed by atoms with Crippen molar-refractivity contribution in [1.82, 2.24) is 9.97 Å². The van der Waals surface area contributed by atoms with Crippen molar-refractivity contribution in [2.45, 2.75) is 6.92 Å².